The molecule has 0 saturated heterocycles. The molecule has 0 amide bonds. The summed E-state index contributed by atoms with van der Waals surface area (Å²) in [6.45, 7) is 4.52. The van der Waals surface area contributed by atoms with Gasteiger partial charge < -0.3 is 9.30 Å². The predicted molar refractivity (Wildman–Crippen MR) is 88.0 cm³/mol. The molecule has 1 heterocycles. The van der Waals surface area contributed by atoms with Gasteiger partial charge in [0, 0.05) is 35.6 Å². The number of aromatic nitrogens is 2. The molecule has 0 aliphatic carbocycles. The number of imidazole rings is 1. The molecule has 0 N–H and O–H groups in total. The summed E-state index contributed by atoms with van der Waals surface area (Å²) in [5, 5.41) is 0. The van der Waals surface area contributed by atoms with Crippen molar-refractivity contribution in [1.82, 2.24) is 9.55 Å². The van der Waals surface area contributed by atoms with Crippen LogP contribution in [0.5, 0.6) is 0 Å². The first-order valence-corrected chi connectivity index (χ1v) is 8.16. The van der Waals surface area contributed by atoms with Crippen molar-refractivity contribution in [3.05, 3.63) is 27.6 Å². The molecule has 0 fully saturated rings. The van der Waals surface area contributed by atoms with E-state index in [-0.39, 0.29) is 0 Å². The molecule has 0 spiro atoms. The molecule has 5 heteroatoms. The topological polar surface area (TPSA) is 27.1 Å². The molecule has 2 aromatic rings. The zero-order valence-electron chi connectivity index (χ0n) is 11.0. The lowest BCUT2D eigenvalue weighted by molar-refractivity contribution is 0.141. The minimum absolute atomic E-state index is 0.603. The van der Waals surface area contributed by atoms with E-state index >= 15 is 0 Å². The van der Waals surface area contributed by atoms with E-state index in [1.165, 1.54) is 9.09 Å². The van der Waals surface area contributed by atoms with Crippen molar-refractivity contribution in [2.24, 2.45) is 0 Å². The van der Waals surface area contributed by atoms with Crippen LogP contribution in [-0.2, 0) is 17.7 Å². The molecular formula is C14H18ClIN2O. The van der Waals surface area contributed by atoms with Gasteiger partial charge in [-0.1, -0.05) is 0 Å². The van der Waals surface area contributed by atoms with Gasteiger partial charge >= 0.3 is 0 Å². The summed E-state index contributed by atoms with van der Waals surface area (Å²) >= 11 is 8.19. The summed E-state index contributed by atoms with van der Waals surface area (Å²) in [6, 6.07) is 6.38. The van der Waals surface area contributed by atoms with E-state index in [4.69, 9.17) is 21.3 Å². The summed E-state index contributed by atoms with van der Waals surface area (Å²) < 4.78 is 8.88. The fourth-order valence-electron chi connectivity index (χ4n) is 2.15. The molecule has 1 aromatic heterocycles. The maximum atomic E-state index is 5.87. The van der Waals surface area contributed by atoms with Gasteiger partial charge in [-0.15, -0.1) is 11.6 Å². The second-order valence-corrected chi connectivity index (χ2v) is 5.93. The molecule has 0 radical (unpaired) electrons. The molecule has 0 atom stereocenters. The first-order chi connectivity index (χ1) is 9.26. The van der Waals surface area contributed by atoms with E-state index < -0.39 is 0 Å². The van der Waals surface area contributed by atoms with Gasteiger partial charge in [0.2, 0.25) is 0 Å². The van der Waals surface area contributed by atoms with Crippen LogP contribution < -0.4 is 0 Å². The van der Waals surface area contributed by atoms with Crippen molar-refractivity contribution in [2.45, 2.75) is 26.3 Å². The van der Waals surface area contributed by atoms with Crippen molar-refractivity contribution >= 4 is 45.2 Å². The molecule has 0 aliphatic rings. The number of fused-ring (bicyclic) bond motifs is 1. The summed E-state index contributed by atoms with van der Waals surface area (Å²) in [5.41, 5.74) is 2.25. The number of benzene rings is 1. The van der Waals surface area contributed by atoms with Gasteiger partial charge in [-0.25, -0.2) is 4.98 Å². The normalized spacial score (nSPS) is 11.3. The van der Waals surface area contributed by atoms with Crippen molar-refractivity contribution in [2.75, 3.05) is 19.1 Å². The molecule has 104 valence electrons. The van der Waals surface area contributed by atoms with Crippen molar-refractivity contribution in [3.8, 4) is 0 Å². The average molecular weight is 393 g/mol. The number of ether oxygens (including phenoxy) is 1. The van der Waals surface area contributed by atoms with E-state index in [9.17, 15) is 0 Å². The molecular weight excluding hydrogens is 375 g/mol. The highest BCUT2D eigenvalue weighted by Crippen LogP contribution is 2.20. The van der Waals surface area contributed by atoms with Crippen molar-refractivity contribution in [1.29, 1.82) is 0 Å². The second kappa shape index (κ2) is 7.45. The molecule has 3 nitrogen and oxygen atoms in total. The molecule has 2 rings (SSSR count). The quantitative estimate of drug-likeness (QED) is 0.406. The van der Waals surface area contributed by atoms with E-state index in [1.54, 1.807) is 0 Å². The van der Waals surface area contributed by atoms with Crippen LogP contribution in [0.25, 0.3) is 11.0 Å². The Balaban J connectivity index is 2.24. The maximum Gasteiger partial charge on any atom is 0.111 e. The third kappa shape index (κ3) is 3.83. The van der Waals surface area contributed by atoms with E-state index in [2.05, 4.69) is 45.4 Å². The van der Waals surface area contributed by atoms with Gasteiger partial charge in [0.15, 0.2) is 0 Å². The number of nitrogens with zero attached hydrogens (tertiary/aromatic N) is 2. The minimum atomic E-state index is 0.603. The number of alkyl halides is 1. The highest BCUT2D eigenvalue weighted by molar-refractivity contribution is 14.1. The first kappa shape index (κ1) is 15.1. The maximum absolute atomic E-state index is 5.87. The zero-order chi connectivity index (χ0) is 13.7. The first-order valence-electron chi connectivity index (χ1n) is 6.54. The smallest absolute Gasteiger partial charge is 0.111 e. The number of rotatable bonds is 7. The molecule has 0 saturated carbocycles. The number of hydrogen-bond donors (Lipinski definition) is 0. The summed E-state index contributed by atoms with van der Waals surface area (Å²) in [6.07, 6.45) is 1.81. The number of hydrogen-bond acceptors (Lipinski definition) is 2. The van der Waals surface area contributed by atoms with Crippen LogP contribution in [-0.4, -0.2) is 28.6 Å². The number of halogens is 2. The van der Waals surface area contributed by atoms with E-state index in [0.717, 1.165) is 43.9 Å². The van der Waals surface area contributed by atoms with Gasteiger partial charge in [-0.2, -0.15) is 0 Å². The van der Waals surface area contributed by atoms with Crippen LogP contribution >= 0.6 is 34.2 Å². The Morgan fingerprint density at radius 3 is 3.00 bits per heavy atom. The van der Waals surface area contributed by atoms with Gasteiger partial charge in [0.1, 0.15) is 5.82 Å². The Morgan fingerprint density at radius 2 is 2.26 bits per heavy atom. The zero-order valence-corrected chi connectivity index (χ0v) is 13.9. The van der Waals surface area contributed by atoms with Crippen molar-refractivity contribution in [3.63, 3.8) is 0 Å². The molecule has 1 aromatic carbocycles. The lowest BCUT2D eigenvalue weighted by Gasteiger charge is -2.08. The Bertz CT molecular complexity index is 541. The standard InChI is InChI=1S/C14H18ClIN2O/c1-2-19-9-3-8-18-13-5-4-11(16)10-12(13)17-14(18)6-7-15/h4-5,10H,2-3,6-9H2,1H3. The molecule has 0 aliphatic heterocycles. The van der Waals surface area contributed by atoms with E-state index in [0.29, 0.717) is 5.88 Å². The Hall–Kier alpha value is -0.330. The molecule has 19 heavy (non-hydrogen) atoms. The SMILES string of the molecule is CCOCCCn1c(CCCl)nc2cc(I)ccc21. The van der Waals surface area contributed by atoms with E-state index in [1.807, 2.05) is 6.92 Å². The second-order valence-electron chi connectivity index (χ2n) is 4.30. The lowest BCUT2D eigenvalue weighted by atomic mass is 10.3. The van der Waals surface area contributed by atoms with Crippen LogP contribution in [0.1, 0.15) is 19.2 Å². The van der Waals surface area contributed by atoms with Crippen LogP contribution in [0.4, 0.5) is 0 Å². The monoisotopic (exact) mass is 392 g/mol. The highest BCUT2D eigenvalue weighted by Gasteiger charge is 2.10. The van der Waals surface area contributed by atoms with Crippen LogP contribution in [0.15, 0.2) is 18.2 Å². The summed E-state index contributed by atoms with van der Waals surface area (Å²) in [4.78, 5) is 4.70. The molecule has 0 bridgehead atoms. The Labute approximate surface area is 132 Å². The van der Waals surface area contributed by atoms with Crippen molar-refractivity contribution < 1.29 is 4.74 Å². The lowest BCUT2D eigenvalue weighted by Crippen LogP contribution is -2.07. The van der Waals surface area contributed by atoms with Gasteiger partial charge in [0.25, 0.3) is 0 Å². The fourth-order valence-corrected chi connectivity index (χ4v) is 2.79. The number of aryl methyl sites for hydroxylation is 2. The fraction of sp³-hybridized carbons (Fsp3) is 0.500. The highest BCUT2D eigenvalue weighted by atomic mass is 127. The van der Waals surface area contributed by atoms with Crippen LogP contribution in [0.3, 0.4) is 0 Å². The molecule has 0 unspecified atom stereocenters. The van der Waals surface area contributed by atoms with Gasteiger partial charge in [-0.05, 0) is 54.1 Å². The van der Waals surface area contributed by atoms with Gasteiger partial charge in [0.05, 0.1) is 11.0 Å². The Morgan fingerprint density at radius 1 is 1.42 bits per heavy atom. The van der Waals surface area contributed by atoms with Gasteiger partial charge in [-0.3, -0.25) is 0 Å². The third-order valence-corrected chi connectivity index (χ3v) is 3.84. The predicted octanol–water partition coefficient (Wildman–Crippen LogP) is 3.85. The summed E-state index contributed by atoms with van der Waals surface area (Å²) in [5.74, 6) is 1.68. The van der Waals surface area contributed by atoms with Crippen LogP contribution in [0.2, 0.25) is 0 Å². The third-order valence-electron chi connectivity index (χ3n) is 2.98. The Kier molecular flexibility index (Phi) is 5.91. The largest absolute Gasteiger partial charge is 0.382 e. The minimum Gasteiger partial charge on any atom is -0.382 e. The average Bonchev–Trinajstić information content (AvgIpc) is 2.72. The van der Waals surface area contributed by atoms with Crippen LogP contribution in [0, 0.1) is 3.57 Å². The summed E-state index contributed by atoms with van der Waals surface area (Å²) in [7, 11) is 0.